The molecule has 0 aliphatic carbocycles. The first kappa shape index (κ1) is 16.6. The third kappa shape index (κ3) is 2.75. The van der Waals surface area contributed by atoms with Gasteiger partial charge in [-0.1, -0.05) is 24.8 Å². The van der Waals surface area contributed by atoms with Crippen LogP contribution in [0.4, 0.5) is 0 Å². The van der Waals surface area contributed by atoms with Crippen molar-refractivity contribution >= 4 is 16.9 Å². The van der Waals surface area contributed by atoms with Crippen LogP contribution in [0.2, 0.25) is 0 Å². The molecule has 1 saturated heterocycles. The van der Waals surface area contributed by atoms with E-state index in [1.165, 1.54) is 5.69 Å². The number of amidine groups is 1. The van der Waals surface area contributed by atoms with Gasteiger partial charge in [0.15, 0.2) is 5.17 Å². The predicted molar refractivity (Wildman–Crippen MR) is 109 cm³/mol. The lowest BCUT2D eigenvalue weighted by Crippen LogP contribution is -2.36. The van der Waals surface area contributed by atoms with Gasteiger partial charge in [0.2, 0.25) is 0 Å². The highest BCUT2D eigenvalue weighted by Crippen LogP contribution is 2.48. The quantitative estimate of drug-likeness (QED) is 0.684. The molecule has 2 aliphatic rings. The van der Waals surface area contributed by atoms with E-state index in [4.69, 9.17) is 4.99 Å². The van der Waals surface area contributed by atoms with Gasteiger partial charge in [0.05, 0.1) is 5.69 Å². The lowest BCUT2D eigenvalue weighted by atomic mass is 9.99. The molecular formula is C21H21N5S. The van der Waals surface area contributed by atoms with Gasteiger partial charge in [0.1, 0.15) is 12.1 Å². The molecule has 5 nitrogen and oxygen atoms in total. The molecule has 6 heteroatoms. The normalized spacial score (nSPS) is 24.1. The Hall–Kier alpha value is -2.60. The summed E-state index contributed by atoms with van der Waals surface area (Å²) < 4.78 is 2.26. The molecule has 0 spiro atoms. The van der Waals surface area contributed by atoms with Crippen LogP contribution in [0.25, 0.3) is 5.69 Å². The molecule has 0 bridgehead atoms. The van der Waals surface area contributed by atoms with Crippen molar-refractivity contribution in [3.8, 4) is 5.69 Å². The van der Waals surface area contributed by atoms with Crippen LogP contribution in [0.3, 0.4) is 0 Å². The zero-order valence-corrected chi connectivity index (χ0v) is 16.0. The van der Waals surface area contributed by atoms with Crippen LogP contribution in [-0.2, 0) is 0 Å². The van der Waals surface area contributed by atoms with Crippen molar-refractivity contribution in [3.05, 3.63) is 78.6 Å². The zero-order chi connectivity index (χ0) is 18.2. The summed E-state index contributed by atoms with van der Waals surface area (Å²) in [5.74, 6) is 1.11. The molecule has 2 aliphatic heterocycles. The Labute approximate surface area is 163 Å². The van der Waals surface area contributed by atoms with E-state index in [1.54, 1.807) is 0 Å². The number of hydrogen-bond acceptors (Lipinski definition) is 5. The summed E-state index contributed by atoms with van der Waals surface area (Å²) in [5.41, 5.74) is 3.40. The second-order valence-corrected chi connectivity index (χ2v) is 7.83. The fourth-order valence-corrected chi connectivity index (χ4v) is 5.38. The van der Waals surface area contributed by atoms with Gasteiger partial charge in [-0.15, -0.1) is 0 Å². The zero-order valence-electron chi connectivity index (χ0n) is 15.1. The SMILES string of the molecule is CC[C@@H]1CSC2=N[C@H](c3ccccn3)[C@H](c3cccn3-c3ccncc3)N21. The summed E-state index contributed by atoms with van der Waals surface area (Å²) in [5, 5.41) is 1.16. The molecule has 0 unspecified atom stereocenters. The van der Waals surface area contributed by atoms with Crippen LogP contribution in [0.15, 0.2) is 72.2 Å². The number of hydrogen-bond donors (Lipinski definition) is 0. The van der Waals surface area contributed by atoms with Crippen LogP contribution >= 0.6 is 11.8 Å². The number of rotatable bonds is 4. The minimum atomic E-state index is 0.0125. The second kappa shape index (κ2) is 6.85. The lowest BCUT2D eigenvalue weighted by Gasteiger charge is -2.32. The first-order chi connectivity index (χ1) is 13.4. The third-order valence-corrected chi connectivity index (χ3v) is 6.48. The Morgan fingerprint density at radius 1 is 1.07 bits per heavy atom. The van der Waals surface area contributed by atoms with E-state index in [1.807, 2.05) is 48.6 Å². The van der Waals surface area contributed by atoms with Gasteiger partial charge in [-0.3, -0.25) is 15.0 Å². The molecule has 0 radical (unpaired) electrons. The topological polar surface area (TPSA) is 46.3 Å². The molecular weight excluding hydrogens is 354 g/mol. The Balaban J connectivity index is 1.63. The molecule has 0 saturated carbocycles. The van der Waals surface area contributed by atoms with E-state index < -0.39 is 0 Å². The van der Waals surface area contributed by atoms with Crippen molar-refractivity contribution in [1.82, 2.24) is 19.4 Å². The van der Waals surface area contributed by atoms with Crippen molar-refractivity contribution in [2.75, 3.05) is 5.75 Å². The van der Waals surface area contributed by atoms with E-state index >= 15 is 0 Å². The Morgan fingerprint density at radius 3 is 2.74 bits per heavy atom. The highest BCUT2D eigenvalue weighted by atomic mass is 32.2. The highest BCUT2D eigenvalue weighted by Gasteiger charge is 2.46. The van der Waals surface area contributed by atoms with Crippen molar-refractivity contribution in [2.24, 2.45) is 4.99 Å². The minimum absolute atomic E-state index is 0.0125. The molecule has 3 aromatic heterocycles. The van der Waals surface area contributed by atoms with Crippen LogP contribution in [0.5, 0.6) is 0 Å². The number of aliphatic imine (C=N–C) groups is 1. The van der Waals surface area contributed by atoms with Gasteiger partial charge in [-0.2, -0.15) is 0 Å². The average Bonchev–Trinajstić information content (AvgIpc) is 3.44. The van der Waals surface area contributed by atoms with Crippen LogP contribution in [0.1, 0.15) is 36.8 Å². The maximum Gasteiger partial charge on any atom is 0.160 e. The molecule has 3 atom stereocenters. The molecule has 1 fully saturated rings. The minimum Gasteiger partial charge on any atom is -0.337 e. The first-order valence-electron chi connectivity index (χ1n) is 9.34. The number of pyridine rings is 2. The first-order valence-corrected chi connectivity index (χ1v) is 10.3. The Bertz CT molecular complexity index is 953. The standard InChI is InChI=1S/C21H21N5S/c1-2-15-14-27-21-24-19(17-6-3-4-10-23-17)20(26(15)21)18-7-5-13-25(18)16-8-11-22-12-9-16/h3-13,15,19-20H,2,14H2,1H3/t15-,19-,20+/m1/s1. The predicted octanol–water partition coefficient (Wildman–Crippen LogP) is 4.25. The van der Waals surface area contributed by atoms with Crippen LogP contribution < -0.4 is 0 Å². The van der Waals surface area contributed by atoms with E-state index in [0.29, 0.717) is 6.04 Å². The summed E-state index contributed by atoms with van der Waals surface area (Å²) in [6.45, 7) is 2.27. The monoisotopic (exact) mass is 375 g/mol. The molecule has 0 aromatic carbocycles. The Kier molecular flexibility index (Phi) is 4.20. The average molecular weight is 376 g/mol. The highest BCUT2D eigenvalue weighted by molar-refractivity contribution is 8.14. The molecule has 5 rings (SSSR count). The van der Waals surface area contributed by atoms with Crippen molar-refractivity contribution < 1.29 is 0 Å². The third-order valence-electron chi connectivity index (χ3n) is 5.35. The van der Waals surface area contributed by atoms with Crippen LogP contribution in [0, 0.1) is 0 Å². The molecule has 0 N–H and O–H groups in total. The van der Waals surface area contributed by atoms with Gasteiger partial charge in [-0.05, 0) is 42.8 Å². The summed E-state index contributed by atoms with van der Waals surface area (Å²) in [6, 6.07) is 15.2. The number of thioether (sulfide) groups is 1. The Morgan fingerprint density at radius 2 is 1.96 bits per heavy atom. The largest absolute Gasteiger partial charge is 0.337 e. The van der Waals surface area contributed by atoms with Crippen molar-refractivity contribution in [1.29, 1.82) is 0 Å². The molecule has 3 aromatic rings. The fourth-order valence-electron chi connectivity index (χ4n) is 4.05. The van der Waals surface area contributed by atoms with Gasteiger partial charge in [0, 0.05) is 48.0 Å². The van der Waals surface area contributed by atoms with Gasteiger partial charge < -0.3 is 9.47 Å². The number of nitrogens with zero attached hydrogens (tertiary/aromatic N) is 5. The van der Waals surface area contributed by atoms with E-state index in [0.717, 1.165) is 28.7 Å². The van der Waals surface area contributed by atoms with Gasteiger partial charge >= 0.3 is 0 Å². The summed E-state index contributed by atoms with van der Waals surface area (Å²) in [7, 11) is 0. The second-order valence-electron chi connectivity index (χ2n) is 6.84. The van der Waals surface area contributed by atoms with Gasteiger partial charge in [-0.25, -0.2) is 0 Å². The maximum atomic E-state index is 5.11. The van der Waals surface area contributed by atoms with E-state index in [2.05, 4.69) is 56.8 Å². The lowest BCUT2D eigenvalue weighted by molar-refractivity contribution is 0.249. The van der Waals surface area contributed by atoms with Crippen molar-refractivity contribution in [2.45, 2.75) is 31.5 Å². The fraction of sp³-hybridized carbons (Fsp3) is 0.286. The molecule has 0 amide bonds. The molecule has 5 heterocycles. The van der Waals surface area contributed by atoms with E-state index in [-0.39, 0.29) is 12.1 Å². The number of fused-ring (bicyclic) bond motifs is 1. The smallest absolute Gasteiger partial charge is 0.160 e. The van der Waals surface area contributed by atoms with E-state index in [9.17, 15) is 0 Å². The molecule has 136 valence electrons. The maximum absolute atomic E-state index is 5.11. The summed E-state index contributed by atoms with van der Waals surface area (Å²) in [6.07, 6.45) is 8.79. The number of aromatic nitrogens is 3. The van der Waals surface area contributed by atoms with Crippen molar-refractivity contribution in [3.63, 3.8) is 0 Å². The molecule has 27 heavy (non-hydrogen) atoms. The summed E-state index contributed by atoms with van der Waals surface area (Å²) >= 11 is 1.88. The van der Waals surface area contributed by atoms with Crippen LogP contribution in [-0.4, -0.2) is 36.4 Å². The summed E-state index contributed by atoms with van der Waals surface area (Å²) in [4.78, 5) is 16.4. The van der Waals surface area contributed by atoms with Gasteiger partial charge in [0.25, 0.3) is 0 Å².